The van der Waals surface area contributed by atoms with Crippen LogP contribution in [0.25, 0.3) is 10.9 Å². The molecule has 0 amide bonds. The van der Waals surface area contributed by atoms with Crippen molar-refractivity contribution in [3.05, 3.63) is 48.5 Å². The van der Waals surface area contributed by atoms with Crippen molar-refractivity contribution in [2.45, 2.75) is 38.1 Å². The molecule has 0 spiro atoms. The highest BCUT2D eigenvalue weighted by atomic mass is 16.5. The van der Waals surface area contributed by atoms with Crippen LogP contribution >= 0.6 is 0 Å². The maximum Gasteiger partial charge on any atom is 0.229 e. The molecule has 1 aromatic heterocycles. The molecule has 26 heavy (non-hydrogen) atoms. The summed E-state index contributed by atoms with van der Waals surface area (Å²) in [5.41, 5.74) is 1.78. The molecule has 4 rings (SSSR count). The first-order valence-electron chi connectivity index (χ1n) is 9.27. The monoisotopic (exact) mass is 348 g/mol. The lowest BCUT2D eigenvalue weighted by Crippen LogP contribution is -2.23. The largest absolute Gasteiger partial charge is 0.494 e. The van der Waals surface area contributed by atoms with E-state index in [-0.39, 0.29) is 0 Å². The van der Waals surface area contributed by atoms with Gasteiger partial charge in [-0.25, -0.2) is 4.98 Å². The smallest absolute Gasteiger partial charge is 0.229 e. The van der Waals surface area contributed by atoms with Crippen LogP contribution in [0.15, 0.2) is 48.5 Å². The fraction of sp³-hybridized carbons (Fsp3) is 0.333. The third-order valence-corrected chi connectivity index (χ3v) is 4.89. The zero-order valence-electron chi connectivity index (χ0n) is 15.0. The Labute approximate surface area is 153 Å². The van der Waals surface area contributed by atoms with Gasteiger partial charge < -0.3 is 15.4 Å². The Kier molecular flexibility index (Phi) is 4.86. The second-order valence-electron chi connectivity index (χ2n) is 6.72. The predicted octanol–water partition coefficient (Wildman–Crippen LogP) is 5.13. The van der Waals surface area contributed by atoms with Crippen LogP contribution in [0.2, 0.25) is 0 Å². The Morgan fingerprint density at radius 2 is 1.73 bits per heavy atom. The lowest BCUT2D eigenvalue weighted by molar-refractivity contribution is 0.419. The van der Waals surface area contributed by atoms with Crippen LogP contribution in [0.3, 0.4) is 0 Å². The van der Waals surface area contributed by atoms with Gasteiger partial charge in [-0.3, -0.25) is 0 Å². The van der Waals surface area contributed by atoms with Gasteiger partial charge in [0.05, 0.1) is 7.11 Å². The van der Waals surface area contributed by atoms with Gasteiger partial charge in [-0.1, -0.05) is 43.5 Å². The number of hydrogen-bond acceptors (Lipinski definition) is 5. The van der Waals surface area contributed by atoms with Crippen molar-refractivity contribution in [3.8, 4) is 5.75 Å². The van der Waals surface area contributed by atoms with Gasteiger partial charge in [-0.2, -0.15) is 4.98 Å². The first-order valence-corrected chi connectivity index (χ1v) is 9.27. The number of nitrogens with zero attached hydrogens (tertiary/aromatic N) is 2. The number of ether oxygens (including phenoxy) is 1. The minimum absolute atomic E-state index is 0.470. The molecule has 0 unspecified atom stereocenters. The minimum atomic E-state index is 0.470. The molecular formula is C21H24N4O. The average molecular weight is 348 g/mol. The molecule has 5 nitrogen and oxygen atoms in total. The Morgan fingerprint density at radius 1 is 0.923 bits per heavy atom. The highest BCUT2D eigenvalue weighted by Gasteiger charge is 2.17. The Balaban J connectivity index is 1.74. The average Bonchev–Trinajstić information content (AvgIpc) is 2.69. The quantitative estimate of drug-likeness (QED) is 0.669. The summed E-state index contributed by atoms with van der Waals surface area (Å²) in [4.78, 5) is 9.48. The number of methoxy groups -OCH3 is 1. The van der Waals surface area contributed by atoms with Crippen LogP contribution in [-0.4, -0.2) is 23.1 Å². The van der Waals surface area contributed by atoms with Crippen molar-refractivity contribution in [2.24, 2.45) is 0 Å². The van der Waals surface area contributed by atoms with E-state index in [1.165, 1.54) is 32.1 Å². The summed E-state index contributed by atoms with van der Waals surface area (Å²) < 4.78 is 5.53. The molecule has 2 N–H and O–H groups in total. The van der Waals surface area contributed by atoms with E-state index in [1.807, 2.05) is 42.5 Å². The van der Waals surface area contributed by atoms with Crippen molar-refractivity contribution < 1.29 is 4.74 Å². The molecule has 0 radical (unpaired) electrons. The molecule has 5 heteroatoms. The standard InChI is InChI=1S/C21H24N4O/c1-26-18-14-8-13-17-19(18)24-21(23-16-11-6-3-7-12-16)25-20(17)22-15-9-4-2-5-10-15/h3,6-8,11-15H,2,4-5,9-10H2,1H3,(H2,22,23,24,25). The van der Waals surface area contributed by atoms with Crippen LogP contribution in [0, 0.1) is 0 Å². The highest BCUT2D eigenvalue weighted by molar-refractivity contribution is 5.94. The van der Waals surface area contributed by atoms with Crippen molar-refractivity contribution in [3.63, 3.8) is 0 Å². The lowest BCUT2D eigenvalue weighted by Gasteiger charge is -2.24. The molecule has 1 aliphatic rings. The van der Waals surface area contributed by atoms with Gasteiger partial charge in [-0.05, 0) is 37.1 Å². The summed E-state index contributed by atoms with van der Waals surface area (Å²) in [5.74, 6) is 2.21. The lowest BCUT2D eigenvalue weighted by atomic mass is 9.95. The number of aromatic nitrogens is 2. The Bertz CT molecular complexity index is 876. The van der Waals surface area contributed by atoms with Gasteiger partial charge >= 0.3 is 0 Å². The second-order valence-corrected chi connectivity index (χ2v) is 6.72. The molecule has 1 heterocycles. The minimum Gasteiger partial charge on any atom is -0.494 e. The Morgan fingerprint density at radius 3 is 2.50 bits per heavy atom. The molecule has 0 saturated heterocycles. The molecule has 134 valence electrons. The number of nitrogens with one attached hydrogen (secondary N) is 2. The predicted molar refractivity (Wildman–Crippen MR) is 106 cm³/mol. The van der Waals surface area contributed by atoms with Gasteiger partial charge in [0.15, 0.2) is 0 Å². The van der Waals surface area contributed by atoms with Crippen molar-refractivity contribution in [2.75, 3.05) is 17.7 Å². The maximum absolute atomic E-state index is 5.53. The normalized spacial score (nSPS) is 15.0. The summed E-state index contributed by atoms with van der Waals surface area (Å²) >= 11 is 0. The number of anilines is 3. The summed E-state index contributed by atoms with van der Waals surface area (Å²) in [6.07, 6.45) is 6.27. The molecule has 0 atom stereocenters. The number of hydrogen-bond donors (Lipinski definition) is 2. The fourth-order valence-corrected chi connectivity index (χ4v) is 3.55. The molecule has 3 aromatic rings. The molecule has 0 bridgehead atoms. The van der Waals surface area contributed by atoms with Gasteiger partial charge in [-0.15, -0.1) is 0 Å². The van der Waals surface area contributed by atoms with E-state index in [9.17, 15) is 0 Å². The SMILES string of the molecule is COc1cccc2c(NC3CCCCC3)nc(Nc3ccccc3)nc12. The number of para-hydroxylation sites is 2. The van der Waals surface area contributed by atoms with Crippen LogP contribution in [0.5, 0.6) is 5.75 Å². The summed E-state index contributed by atoms with van der Waals surface area (Å²) in [7, 11) is 1.68. The third kappa shape index (κ3) is 3.57. The summed E-state index contributed by atoms with van der Waals surface area (Å²) in [6.45, 7) is 0. The topological polar surface area (TPSA) is 59.1 Å². The molecule has 1 saturated carbocycles. The molecule has 2 aromatic carbocycles. The molecule has 1 fully saturated rings. The molecule has 0 aliphatic heterocycles. The van der Waals surface area contributed by atoms with Crippen molar-refractivity contribution in [1.82, 2.24) is 9.97 Å². The summed E-state index contributed by atoms with van der Waals surface area (Å²) in [6, 6.07) is 16.4. The van der Waals surface area contributed by atoms with E-state index in [4.69, 9.17) is 14.7 Å². The van der Waals surface area contributed by atoms with Crippen molar-refractivity contribution >= 4 is 28.4 Å². The highest BCUT2D eigenvalue weighted by Crippen LogP contribution is 2.31. The first-order chi connectivity index (χ1) is 12.8. The van der Waals surface area contributed by atoms with Crippen LogP contribution in [0.4, 0.5) is 17.5 Å². The van der Waals surface area contributed by atoms with Crippen molar-refractivity contribution in [1.29, 1.82) is 0 Å². The number of rotatable bonds is 5. The fourth-order valence-electron chi connectivity index (χ4n) is 3.55. The van der Waals surface area contributed by atoms with E-state index >= 15 is 0 Å². The van der Waals surface area contributed by atoms with Crippen LogP contribution < -0.4 is 15.4 Å². The van der Waals surface area contributed by atoms with E-state index in [1.54, 1.807) is 7.11 Å². The summed E-state index contributed by atoms with van der Waals surface area (Å²) in [5, 5.41) is 7.96. The number of fused-ring (bicyclic) bond motifs is 1. The first kappa shape index (κ1) is 16.6. The number of benzene rings is 2. The molecular weight excluding hydrogens is 324 g/mol. The van der Waals surface area contributed by atoms with Gasteiger partial charge in [0.1, 0.15) is 17.1 Å². The van der Waals surface area contributed by atoms with Crippen LogP contribution in [0.1, 0.15) is 32.1 Å². The third-order valence-electron chi connectivity index (χ3n) is 4.89. The maximum atomic E-state index is 5.53. The van der Waals surface area contributed by atoms with E-state index < -0.39 is 0 Å². The van der Waals surface area contributed by atoms with Crippen LogP contribution in [-0.2, 0) is 0 Å². The molecule has 1 aliphatic carbocycles. The van der Waals surface area contributed by atoms with E-state index in [0.29, 0.717) is 12.0 Å². The van der Waals surface area contributed by atoms with E-state index in [2.05, 4.69) is 16.7 Å². The van der Waals surface area contributed by atoms with E-state index in [0.717, 1.165) is 28.2 Å². The van der Waals surface area contributed by atoms with Gasteiger partial charge in [0, 0.05) is 17.1 Å². The van der Waals surface area contributed by atoms with Gasteiger partial charge in [0.2, 0.25) is 5.95 Å². The second kappa shape index (κ2) is 7.60. The van der Waals surface area contributed by atoms with Gasteiger partial charge in [0.25, 0.3) is 0 Å². The zero-order chi connectivity index (χ0) is 17.8. The zero-order valence-corrected chi connectivity index (χ0v) is 15.0. The Hall–Kier alpha value is -2.82.